The Hall–Kier alpha value is -3.10. The highest BCUT2D eigenvalue weighted by Crippen LogP contribution is 2.44. The van der Waals surface area contributed by atoms with Gasteiger partial charge in [-0.1, -0.05) is 18.2 Å². The van der Waals surface area contributed by atoms with Gasteiger partial charge in [0.15, 0.2) is 0 Å². The zero-order chi connectivity index (χ0) is 24.7. The molecule has 0 aliphatic rings. The van der Waals surface area contributed by atoms with Crippen molar-refractivity contribution in [3.8, 4) is 15.4 Å². The molecule has 36 heavy (non-hydrogen) atoms. The summed E-state index contributed by atoms with van der Waals surface area (Å²) < 4.78 is 5.72. The monoisotopic (exact) mass is 541 g/mol. The Balaban J connectivity index is 1.55. The highest BCUT2D eigenvalue weighted by atomic mass is 32.1. The highest BCUT2D eigenvalue weighted by molar-refractivity contribution is 7.31. The Bertz CT molecular complexity index is 2120. The van der Waals surface area contributed by atoms with E-state index in [0.29, 0.717) is 16.5 Å². The lowest BCUT2D eigenvalue weighted by atomic mass is 10.1. The first kappa shape index (κ1) is 22.1. The third-order valence-electron chi connectivity index (χ3n) is 6.59. The average molecular weight is 542 g/mol. The topological polar surface area (TPSA) is 39.1 Å². The normalized spacial score (nSPS) is 12.0. The van der Waals surface area contributed by atoms with E-state index in [4.69, 9.17) is 0 Å². The second-order valence-corrected chi connectivity index (χ2v) is 13.7. The van der Waals surface area contributed by atoms with E-state index in [2.05, 4.69) is 32.0 Å². The number of aryl methyl sites for hydroxylation is 3. The van der Waals surface area contributed by atoms with E-state index < -0.39 is 0 Å². The molecule has 7 rings (SSSR count). The Morgan fingerprint density at radius 3 is 2.00 bits per heavy atom. The number of hydrogen-bond donors (Lipinski definition) is 0. The number of rotatable bonds is 2. The van der Waals surface area contributed by atoms with Crippen molar-refractivity contribution in [2.45, 2.75) is 20.8 Å². The summed E-state index contributed by atoms with van der Waals surface area (Å²) in [6.45, 7) is 6.37. The van der Waals surface area contributed by atoms with Gasteiger partial charge in [-0.05, 0) is 79.6 Å². The summed E-state index contributed by atoms with van der Waals surface area (Å²) in [5.74, 6) is 0. The fourth-order valence-electron chi connectivity index (χ4n) is 4.95. The predicted octanol–water partition coefficient (Wildman–Crippen LogP) is 8.65. The van der Waals surface area contributed by atoms with Crippen molar-refractivity contribution in [2.24, 2.45) is 0 Å². The largest absolute Gasteiger partial charge is 0.268 e. The molecule has 5 aromatic heterocycles. The van der Waals surface area contributed by atoms with Gasteiger partial charge in [-0.3, -0.25) is 9.59 Å². The molecule has 0 amide bonds. The molecule has 0 saturated carbocycles. The molecule has 0 N–H and O–H groups in total. The van der Waals surface area contributed by atoms with Crippen molar-refractivity contribution < 1.29 is 0 Å². The van der Waals surface area contributed by atoms with Gasteiger partial charge < -0.3 is 0 Å². The molecule has 0 bridgehead atoms. The molecule has 0 atom stereocenters. The van der Waals surface area contributed by atoms with Crippen molar-refractivity contribution >= 4 is 85.7 Å². The first-order valence-corrected chi connectivity index (χ1v) is 14.8. The number of nitrogens with zero attached hydrogens (tertiary/aromatic N) is 1. The fraction of sp³-hybridized carbons (Fsp3) is 0.103. The average Bonchev–Trinajstić information content (AvgIpc) is 3.62. The molecule has 0 radical (unpaired) electrons. The third-order valence-corrected chi connectivity index (χ3v) is 11.4. The van der Waals surface area contributed by atoms with Crippen LogP contribution in [0.2, 0.25) is 0 Å². The van der Waals surface area contributed by atoms with Crippen LogP contribution in [0, 0.1) is 20.8 Å². The summed E-state index contributed by atoms with van der Waals surface area (Å²) in [6.07, 6.45) is 0. The minimum Gasteiger partial charge on any atom is -0.268 e. The number of para-hydroxylation sites is 1. The third kappa shape index (κ3) is 3.20. The molecule has 2 aromatic carbocycles. The van der Waals surface area contributed by atoms with Crippen LogP contribution in [-0.4, -0.2) is 4.57 Å². The van der Waals surface area contributed by atoms with Crippen molar-refractivity contribution in [3.05, 3.63) is 96.7 Å². The molecule has 0 saturated heterocycles. The molecule has 176 valence electrons. The van der Waals surface area contributed by atoms with Gasteiger partial charge in [-0.25, -0.2) is 4.57 Å². The SMILES string of the molecule is Cc1cc2cc3sc(-c4cc5c(=O)n(-c6ccccc6)c(=O)c6cc(C)sc6c5s4)cc3c(C)c2s1. The quantitative estimate of drug-likeness (QED) is 0.220. The Morgan fingerprint density at radius 1 is 0.611 bits per heavy atom. The van der Waals surface area contributed by atoms with E-state index in [-0.39, 0.29) is 11.1 Å². The maximum Gasteiger partial charge on any atom is 0.266 e. The lowest BCUT2D eigenvalue weighted by Crippen LogP contribution is -2.28. The zero-order valence-corrected chi connectivity index (χ0v) is 22.9. The Morgan fingerprint density at radius 2 is 1.22 bits per heavy atom. The fourth-order valence-corrected chi connectivity index (χ4v) is 9.51. The molecule has 5 heterocycles. The number of thiophene rings is 4. The standard InChI is InChI=1S/C29H19NO2S4/c1-14-9-17-11-22-19(16(3)25(17)33-14)12-23(35-22)24-13-21-27(36-24)26-20(10-15(2)34-26)28(31)30(29(21)32)18-7-5-4-6-8-18/h4-13H,1-3H3. The summed E-state index contributed by atoms with van der Waals surface area (Å²) in [6, 6.07) is 19.9. The smallest absolute Gasteiger partial charge is 0.266 e. The summed E-state index contributed by atoms with van der Waals surface area (Å²) in [5.41, 5.74) is 1.38. The molecular formula is C29H19NO2S4. The summed E-state index contributed by atoms with van der Waals surface area (Å²) in [5, 5.41) is 3.76. The van der Waals surface area contributed by atoms with Gasteiger partial charge in [-0.2, -0.15) is 0 Å². The van der Waals surface area contributed by atoms with Gasteiger partial charge in [0.2, 0.25) is 0 Å². The molecule has 7 aromatic rings. The number of benzene rings is 2. The van der Waals surface area contributed by atoms with Gasteiger partial charge in [0.25, 0.3) is 11.1 Å². The number of aromatic nitrogens is 1. The number of hydrogen-bond acceptors (Lipinski definition) is 6. The van der Waals surface area contributed by atoms with E-state index in [1.54, 1.807) is 34.0 Å². The predicted molar refractivity (Wildman–Crippen MR) is 159 cm³/mol. The minimum atomic E-state index is -0.266. The Kier molecular flexibility index (Phi) is 4.89. The summed E-state index contributed by atoms with van der Waals surface area (Å²) in [4.78, 5) is 32.0. The maximum atomic E-state index is 13.8. The van der Waals surface area contributed by atoms with Crippen LogP contribution in [0.5, 0.6) is 0 Å². The summed E-state index contributed by atoms with van der Waals surface area (Å²) in [7, 11) is 0. The molecule has 0 aliphatic carbocycles. The second kappa shape index (κ2) is 7.95. The van der Waals surface area contributed by atoms with Crippen LogP contribution in [0.4, 0.5) is 0 Å². The van der Waals surface area contributed by atoms with E-state index >= 15 is 0 Å². The number of fused-ring (bicyclic) bond motifs is 5. The molecule has 0 aliphatic heterocycles. The molecule has 3 nitrogen and oxygen atoms in total. The molecule has 0 spiro atoms. The van der Waals surface area contributed by atoms with Gasteiger partial charge in [-0.15, -0.1) is 45.3 Å². The van der Waals surface area contributed by atoms with Gasteiger partial charge in [0.1, 0.15) is 0 Å². The summed E-state index contributed by atoms with van der Waals surface area (Å²) >= 11 is 6.81. The van der Waals surface area contributed by atoms with E-state index in [1.165, 1.54) is 35.2 Å². The molecule has 7 heteroatoms. The van der Waals surface area contributed by atoms with E-state index in [0.717, 1.165) is 24.0 Å². The van der Waals surface area contributed by atoms with E-state index in [1.807, 2.05) is 60.7 Å². The van der Waals surface area contributed by atoms with Crippen LogP contribution in [0.3, 0.4) is 0 Å². The van der Waals surface area contributed by atoms with Crippen molar-refractivity contribution in [1.29, 1.82) is 0 Å². The highest BCUT2D eigenvalue weighted by Gasteiger charge is 2.19. The maximum absolute atomic E-state index is 13.8. The van der Waals surface area contributed by atoms with Crippen LogP contribution >= 0.6 is 45.3 Å². The van der Waals surface area contributed by atoms with Crippen molar-refractivity contribution in [3.63, 3.8) is 0 Å². The van der Waals surface area contributed by atoms with Crippen molar-refractivity contribution in [2.75, 3.05) is 0 Å². The molecular weight excluding hydrogens is 523 g/mol. The van der Waals surface area contributed by atoms with Crippen LogP contribution in [0.1, 0.15) is 15.3 Å². The second-order valence-electron chi connectivity index (χ2n) is 9.03. The molecule has 0 fully saturated rings. The first-order chi connectivity index (χ1) is 17.4. The lowest BCUT2D eigenvalue weighted by Gasteiger charge is -2.01. The van der Waals surface area contributed by atoms with Gasteiger partial charge in [0, 0.05) is 28.9 Å². The first-order valence-electron chi connectivity index (χ1n) is 11.5. The van der Waals surface area contributed by atoms with E-state index in [9.17, 15) is 9.59 Å². The lowest BCUT2D eigenvalue weighted by molar-refractivity contribution is 0.976. The van der Waals surface area contributed by atoms with Crippen LogP contribution < -0.4 is 11.1 Å². The van der Waals surface area contributed by atoms with Crippen LogP contribution in [0.15, 0.2) is 70.3 Å². The molecule has 0 unspecified atom stereocenters. The van der Waals surface area contributed by atoms with Gasteiger partial charge >= 0.3 is 0 Å². The van der Waals surface area contributed by atoms with Crippen LogP contribution in [-0.2, 0) is 0 Å². The Labute approximate surface area is 222 Å². The van der Waals surface area contributed by atoms with Gasteiger partial charge in [0.05, 0.1) is 25.9 Å². The zero-order valence-electron chi connectivity index (χ0n) is 19.7. The van der Waals surface area contributed by atoms with Crippen LogP contribution in [0.25, 0.3) is 55.8 Å². The minimum absolute atomic E-state index is 0.261. The van der Waals surface area contributed by atoms with Crippen molar-refractivity contribution in [1.82, 2.24) is 4.57 Å².